The average molecular weight is 326 g/mol. The van der Waals surface area contributed by atoms with Gasteiger partial charge < -0.3 is 15.4 Å². The number of carbonyl (C=O) groups is 2. The minimum Gasteiger partial charge on any atom is -0.482 e. The molecular formula is C17H18N4O3. The van der Waals surface area contributed by atoms with Gasteiger partial charge in [-0.05, 0) is 43.5 Å². The van der Waals surface area contributed by atoms with E-state index >= 15 is 0 Å². The van der Waals surface area contributed by atoms with Crippen molar-refractivity contribution < 1.29 is 14.3 Å². The first-order valence-corrected chi connectivity index (χ1v) is 8.03. The molecule has 0 bridgehead atoms. The fourth-order valence-corrected chi connectivity index (χ4v) is 2.78. The number of carbonyl (C=O) groups excluding carboxylic acids is 2. The summed E-state index contributed by atoms with van der Waals surface area (Å²) in [6.45, 7) is 1.92. The minimum absolute atomic E-state index is 0.0289. The summed E-state index contributed by atoms with van der Waals surface area (Å²) in [4.78, 5) is 23.8. The second-order valence-corrected chi connectivity index (χ2v) is 6.27. The normalized spacial score (nSPS) is 17.5. The molecule has 7 nitrogen and oxygen atoms in total. The maximum atomic E-state index is 12.3. The summed E-state index contributed by atoms with van der Waals surface area (Å²) in [7, 11) is 0. The fourth-order valence-electron chi connectivity index (χ4n) is 2.78. The lowest BCUT2D eigenvalue weighted by molar-refractivity contribution is -0.118. The number of hydrogen-bond acceptors (Lipinski definition) is 4. The van der Waals surface area contributed by atoms with E-state index in [4.69, 9.17) is 4.74 Å². The molecular weight excluding hydrogens is 308 g/mol. The van der Waals surface area contributed by atoms with Crippen LogP contribution in [0.3, 0.4) is 0 Å². The van der Waals surface area contributed by atoms with Gasteiger partial charge in [0.1, 0.15) is 11.4 Å². The van der Waals surface area contributed by atoms with E-state index in [-0.39, 0.29) is 24.5 Å². The summed E-state index contributed by atoms with van der Waals surface area (Å²) in [5, 5.41) is 12.7. The van der Waals surface area contributed by atoms with Gasteiger partial charge in [-0.2, -0.15) is 5.10 Å². The molecule has 0 spiro atoms. The van der Waals surface area contributed by atoms with Gasteiger partial charge in [0.05, 0.1) is 11.7 Å². The van der Waals surface area contributed by atoms with Crippen LogP contribution in [0.4, 0.5) is 5.69 Å². The fraction of sp³-hybridized carbons (Fsp3) is 0.353. The van der Waals surface area contributed by atoms with Gasteiger partial charge in [-0.1, -0.05) is 6.07 Å². The summed E-state index contributed by atoms with van der Waals surface area (Å²) in [5.74, 6) is 0.767. The summed E-state index contributed by atoms with van der Waals surface area (Å²) in [5.41, 5.74) is 2.94. The van der Waals surface area contributed by atoms with Crippen molar-refractivity contribution in [3.63, 3.8) is 0 Å². The summed E-state index contributed by atoms with van der Waals surface area (Å²) >= 11 is 0. The Labute approximate surface area is 138 Å². The molecule has 1 saturated carbocycles. The van der Waals surface area contributed by atoms with E-state index in [1.54, 1.807) is 6.07 Å². The highest BCUT2D eigenvalue weighted by atomic mass is 16.5. The summed E-state index contributed by atoms with van der Waals surface area (Å²) in [6, 6.07) is 7.09. The molecule has 124 valence electrons. The van der Waals surface area contributed by atoms with E-state index < -0.39 is 0 Å². The van der Waals surface area contributed by atoms with Crippen molar-refractivity contribution >= 4 is 17.5 Å². The van der Waals surface area contributed by atoms with Crippen LogP contribution in [-0.2, 0) is 4.79 Å². The Morgan fingerprint density at radius 2 is 2.21 bits per heavy atom. The molecule has 0 unspecified atom stereocenters. The number of aromatic nitrogens is 2. The lowest BCUT2D eigenvalue weighted by Gasteiger charge is -2.20. The maximum absolute atomic E-state index is 12.3. The second kappa shape index (κ2) is 5.67. The minimum atomic E-state index is -0.220. The van der Waals surface area contributed by atoms with Crippen molar-refractivity contribution in [2.45, 2.75) is 31.7 Å². The number of nitrogens with one attached hydrogen (secondary N) is 3. The van der Waals surface area contributed by atoms with Gasteiger partial charge in [0.2, 0.25) is 0 Å². The van der Waals surface area contributed by atoms with Gasteiger partial charge in [-0.15, -0.1) is 0 Å². The Bertz CT molecular complexity index is 810. The van der Waals surface area contributed by atoms with Gasteiger partial charge in [0, 0.05) is 11.6 Å². The Kier molecular flexibility index (Phi) is 3.48. The van der Waals surface area contributed by atoms with Crippen molar-refractivity contribution in [3.05, 3.63) is 41.2 Å². The van der Waals surface area contributed by atoms with Crippen LogP contribution in [0.2, 0.25) is 0 Å². The summed E-state index contributed by atoms with van der Waals surface area (Å²) in [6.07, 6.45) is 2.31. The third-order valence-electron chi connectivity index (χ3n) is 4.33. The number of H-pyrrole nitrogens is 1. The Hall–Kier alpha value is -2.83. The number of nitrogens with zero attached hydrogens (tertiary/aromatic N) is 1. The van der Waals surface area contributed by atoms with Crippen molar-refractivity contribution in [3.8, 4) is 5.75 Å². The van der Waals surface area contributed by atoms with Crippen LogP contribution >= 0.6 is 0 Å². The molecule has 3 N–H and O–H groups in total. The lowest BCUT2D eigenvalue weighted by atomic mass is 10.1. The molecule has 1 atom stereocenters. The van der Waals surface area contributed by atoms with Crippen LogP contribution in [0.1, 0.15) is 53.5 Å². The van der Waals surface area contributed by atoms with Crippen LogP contribution in [0.25, 0.3) is 0 Å². The van der Waals surface area contributed by atoms with Crippen LogP contribution in [0.15, 0.2) is 24.3 Å². The largest absolute Gasteiger partial charge is 0.482 e. The van der Waals surface area contributed by atoms with E-state index in [1.807, 2.05) is 25.1 Å². The molecule has 24 heavy (non-hydrogen) atoms. The van der Waals surface area contributed by atoms with Gasteiger partial charge in [0.15, 0.2) is 6.61 Å². The van der Waals surface area contributed by atoms with E-state index in [1.165, 1.54) is 0 Å². The van der Waals surface area contributed by atoms with E-state index in [0.29, 0.717) is 23.0 Å². The van der Waals surface area contributed by atoms with Gasteiger partial charge in [-0.25, -0.2) is 0 Å². The van der Waals surface area contributed by atoms with Gasteiger partial charge >= 0.3 is 0 Å². The highest BCUT2D eigenvalue weighted by molar-refractivity contribution is 5.95. The van der Waals surface area contributed by atoms with E-state index in [2.05, 4.69) is 20.8 Å². The maximum Gasteiger partial charge on any atom is 0.272 e. The van der Waals surface area contributed by atoms with E-state index in [0.717, 1.165) is 24.1 Å². The molecule has 1 aromatic carbocycles. The summed E-state index contributed by atoms with van der Waals surface area (Å²) < 4.78 is 5.34. The number of ether oxygens (including phenoxy) is 1. The second-order valence-electron chi connectivity index (χ2n) is 6.27. The van der Waals surface area contributed by atoms with Crippen LogP contribution in [0, 0.1) is 0 Å². The number of fused-ring (bicyclic) bond motifs is 1. The Balaban J connectivity index is 1.46. The molecule has 0 saturated heterocycles. The van der Waals surface area contributed by atoms with Gasteiger partial charge in [0.25, 0.3) is 11.8 Å². The molecule has 2 amide bonds. The topological polar surface area (TPSA) is 96.1 Å². The first-order valence-electron chi connectivity index (χ1n) is 8.03. The average Bonchev–Trinajstić information content (AvgIpc) is 3.30. The Morgan fingerprint density at radius 1 is 1.38 bits per heavy atom. The van der Waals surface area contributed by atoms with Crippen LogP contribution < -0.4 is 15.4 Å². The number of rotatable bonds is 4. The highest BCUT2D eigenvalue weighted by Crippen LogP contribution is 2.39. The number of hydrogen-bond donors (Lipinski definition) is 3. The van der Waals surface area contributed by atoms with Crippen molar-refractivity contribution in [1.29, 1.82) is 0 Å². The van der Waals surface area contributed by atoms with Crippen LogP contribution in [-0.4, -0.2) is 28.6 Å². The zero-order chi connectivity index (χ0) is 16.7. The molecule has 1 aliphatic carbocycles. The molecule has 2 heterocycles. The molecule has 0 radical (unpaired) electrons. The molecule has 2 aliphatic rings. The van der Waals surface area contributed by atoms with Crippen molar-refractivity contribution in [2.75, 3.05) is 11.9 Å². The zero-order valence-corrected chi connectivity index (χ0v) is 13.3. The number of amides is 2. The SMILES string of the molecule is C[C@@H](NC(=O)c1cc(C2CC2)[nH]n1)c1ccc2c(c1)NC(=O)CO2. The molecule has 1 fully saturated rings. The third-order valence-corrected chi connectivity index (χ3v) is 4.33. The third kappa shape index (κ3) is 2.84. The predicted octanol–water partition coefficient (Wildman–Crippen LogP) is 2.11. The molecule has 4 rings (SSSR count). The first-order chi connectivity index (χ1) is 11.6. The quantitative estimate of drug-likeness (QED) is 0.802. The zero-order valence-electron chi connectivity index (χ0n) is 13.3. The Morgan fingerprint density at radius 3 is 3.00 bits per heavy atom. The predicted molar refractivity (Wildman–Crippen MR) is 87.0 cm³/mol. The first kappa shape index (κ1) is 14.7. The molecule has 7 heteroatoms. The number of anilines is 1. The van der Waals surface area contributed by atoms with Crippen molar-refractivity contribution in [2.24, 2.45) is 0 Å². The molecule has 2 aromatic rings. The monoisotopic (exact) mass is 326 g/mol. The lowest BCUT2D eigenvalue weighted by Crippen LogP contribution is -2.28. The highest BCUT2D eigenvalue weighted by Gasteiger charge is 2.27. The standard InChI is InChI=1S/C17H18N4O3/c1-9(11-4-5-15-13(6-11)19-16(22)8-24-15)18-17(23)14-7-12(20-21-14)10-2-3-10/h4-7,9-10H,2-3,8H2,1H3,(H,18,23)(H,19,22)(H,20,21)/t9-/m1/s1. The van der Waals surface area contributed by atoms with Crippen molar-refractivity contribution in [1.82, 2.24) is 15.5 Å². The smallest absolute Gasteiger partial charge is 0.272 e. The van der Waals surface area contributed by atoms with Crippen LogP contribution in [0.5, 0.6) is 5.75 Å². The van der Waals surface area contributed by atoms with Gasteiger partial charge in [-0.3, -0.25) is 14.7 Å². The number of aromatic amines is 1. The van der Waals surface area contributed by atoms with E-state index in [9.17, 15) is 9.59 Å². The number of benzene rings is 1. The molecule has 1 aliphatic heterocycles. The molecule has 1 aromatic heterocycles.